The Bertz CT molecular complexity index is 769. The van der Waals surface area contributed by atoms with Gasteiger partial charge in [0.25, 0.3) is 5.91 Å². The maximum absolute atomic E-state index is 12.8. The number of thiophene rings is 1. The molecule has 0 aromatic carbocycles. The normalized spacial score (nSPS) is 21.6. The molecule has 2 fully saturated rings. The standard InChI is InChI=1S/C21H27N3O3S/c25-20(16-6-3-11-24(15-16)21(26)19-8-5-13-28-19)22-14-17(18-7-4-12-27-18)23-9-1-2-10-23/h4-5,7-8,12-13,16-17H,1-3,6,9-11,14-15H2,(H,22,25)/t16-,17+/m1/s1. The van der Waals surface area contributed by atoms with Gasteiger partial charge in [-0.2, -0.15) is 0 Å². The molecule has 2 aliphatic rings. The van der Waals surface area contributed by atoms with Gasteiger partial charge in [-0.25, -0.2) is 0 Å². The Balaban J connectivity index is 1.35. The number of rotatable bonds is 6. The molecule has 0 aliphatic carbocycles. The average molecular weight is 402 g/mol. The zero-order valence-corrected chi connectivity index (χ0v) is 16.8. The summed E-state index contributed by atoms with van der Waals surface area (Å²) in [7, 11) is 0. The third-order valence-electron chi connectivity index (χ3n) is 5.73. The Labute approximate surface area is 169 Å². The molecule has 7 heteroatoms. The lowest BCUT2D eigenvalue weighted by Gasteiger charge is -2.32. The second-order valence-corrected chi connectivity index (χ2v) is 8.53. The van der Waals surface area contributed by atoms with Gasteiger partial charge in [0.15, 0.2) is 0 Å². The summed E-state index contributed by atoms with van der Waals surface area (Å²) in [5.74, 6) is 0.839. The molecule has 4 heterocycles. The van der Waals surface area contributed by atoms with E-state index in [0.29, 0.717) is 13.1 Å². The first kappa shape index (κ1) is 19.2. The number of carbonyl (C=O) groups is 2. The minimum atomic E-state index is -0.145. The van der Waals surface area contributed by atoms with Gasteiger partial charge in [-0.05, 0) is 62.4 Å². The van der Waals surface area contributed by atoms with E-state index in [4.69, 9.17) is 4.42 Å². The smallest absolute Gasteiger partial charge is 0.263 e. The van der Waals surface area contributed by atoms with Gasteiger partial charge in [-0.15, -0.1) is 11.3 Å². The van der Waals surface area contributed by atoms with Crippen LogP contribution in [0.2, 0.25) is 0 Å². The van der Waals surface area contributed by atoms with E-state index in [0.717, 1.165) is 43.1 Å². The largest absolute Gasteiger partial charge is 0.468 e. The van der Waals surface area contributed by atoms with Crippen LogP contribution in [0.3, 0.4) is 0 Å². The maximum atomic E-state index is 12.8. The number of furan rings is 1. The first-order chi connectivity index (χ1) is 13.7. The van der Waals surface area contributed by atoms with Crippen LogP contribution < -0.4 is 5.32 Å². The number of hydrogen-bond donors (Lipinski definition) is 1. The predicted octanol–water partition coefficient (Wildman–Crippen LogP) is 3.15. The summed E-state index contributed by atoms with van der Waals surface area (Å²) in [6, 6.07) is 7.70. The summed E-state index contributed by atoms with van der Waals surface area (Å²) in [6.45, 7) is 3.84. The van der Waals surface area contributed by atoms with E-state index in [1.54, 1.807) is 6.26 Å². The average Bonchev–Trinajstić information content (AvgIpc) is 3.51. The van der Waals surface area contributed by atoms with E-state index >= 15 is 0 Å². The van der Waals surface area contributed by atoms with Crippen molar-refractivity contribution in [1.82, 2.24) is 15.1 Å². The summed E-state index contributed by atoms with van der Waals surface area (Å²) in [5, 5.41) is 5.05. The lowest BCUT2D eigenvalue weighted by molar-refractivity contribution is -0.126. The van der Waals surface area contributed by atoms with Gasteiger partial charge >= 0.3 is 0 Å². The molecule has 2 atom stereocenters. The van der Waals surface area contributed by atoms with Crippen molar-refractivity contribution < 1.29 is 14.0 Å². The minimum absolute atomic E-state index is 0.0398. The van der Waals surface area contributed by atoms with Crippen molar-refractivity contribution in [3.63, 3.8) is 0 Å². The van der Waals surface area contributed by atoms with Crippen LogP contribution in [0.1, 0.15) is 47.2 Å². The Morgan fingerprint density at radius 1 is 1.18 bits per heavy atom. The number of hydrogen-bond acceptors (Lipinski definition) is 5. The van der Waals surface area contributed by atoms with E-state index in [-0.39, 0.29) is 23.8 Å². The molecule has 150 valence electrons. The van der Waals surface area contributed by atoms with Crippen LogP contribution in [0.5, 0.6) is 0 Å². The van der Waals surface area contributed by atoms with Gasteiger partial charge in [0.05, 0.1) is 23.1 Å². The Morgan fingerprint density at radius 3 is 2.75 bits per heavy atom. The summed E-state index contributed by atoms with van der Waals surface area (Å²) < 4.78 is 5.63. The highest BCUT2D eigenvalue weighted by atomic mass is 32.1. The number of nitrogens with zero attached hydrogens (tertiary/aromatic N) is 2. The number of likely N-dealkylation sites (tertiary alicyclic amines) is 2. The highest BCUT2D eigenvalue weighted by Crippen LogP contribution is 2.26. The Kier molecular flexibility index (Phi) is 6.12. The van der Waals surface area contributed by atoms with E-state index in [9.17, 15) is 9.59 Å². The maximum Gasteiger partial charge on any atom is 0.263 e. The van der Waals surface area contributed by atoms with Crippen molar-refractivity contribution in [1.29, 1.82) is 0 Å². The fourth-order valence-corrected chi connectivity index (χ4v) is 4.91. The third kappa shape index (κ3) is 4.31. The molecule has 6 nitrogen and oxygen atoms in total. The molecule has 2 aromatic heterocycles. The second-order valence-electron chi connectivity index (χ2n) is 7.59. The van der Waals surface area contributed by atoms with Crippen LogP contribution in [0.15, 0.2) is 40.3 Å². The molecule has 0 bridgehead atoms. The molecule has 4 rings (SSSR count). The fraction of sp³-hybridized carbons (Fsp3) is 0.524. The Morgan fingerprint density at radius 2 is 2.04 bits per heavy atom. The zero-order chi connectivity index (χ0) is 19.3. The molecule has 0 saturated carbocycles. The van der Waals surface area contributed by atoms with Crippen molar-refractivity contribution >= 4 is 23.2 Å². The molecule has 2 aliphatic heterocycles. The summed E-state index contributed by atoms with van der Waals surface area (Å²) in [5.41, 5.74) is 0. The minimum Gasteiger partial charge on any atom is -0.468 e. The van der Waals surface area contributed by atoms with Crippen molar-refractivity contribution in [2.24, 2.45) is 5.92 Å². The Hall–Kier alpha value is -2.12. The lowest BCUT2D eigenvalue weighted by Crippen LogP contribution is -2.46. The van der Waals surface area contributed by atoms with Gasteiger partial charge in [-0.1, -0.05) is 6.07 Å². The third-order valence-corrected chi connectivity index (χ3v) is 6.59. The first-order valence-electron chi connectivity index (χ1n) is 10.1. The molecule has 2 saturated heterocycles. The molecular formula is C21H27N3O3S. The van der Waals surface area contributed by atoms with Crippen molar-refractivity contribution in [2.75, 3.05) is 32.7 Å². The van der Waals surface area contributed by atoms with Crippen molar-refractivity contribution in [2.45, 2.75) is 31.7 Å². The number of nitrogens with one attached hydrogen (secondary N) is 1. The molecule has 0 unspecified atom stereocenters. The zero-order valence-electron chi connectivity index (χ0n) is 16.0. The molecular weight excluding hydrogens is 374 g/mol. The van der Waals surface area contributed by atoms with Gasteiger partial charge in [0.2, 0.25) is 5.91 Å². The monoisotopic (exact) mass is 401 g/mol. The van der Waals surface area contributed by atoms with Crippen LogP contribution in [-0.2, 0) is 4.79 Å². The van der Waals surface area contributed by atoms with Crippen molar-refractivity contribution in [3.05, 3.63) is 46.5 Å². The summed E-state index contributed by atoms with van der Waals surface area (Å²) in [6.07, 6.45) is 5.76. The summed E-state index contributed by atoms with van der Waals surface area (Å²) >= 11 is 1.45. The van der Waals surface area contributed by atoms with Gasteiger partial charge in [0, 0.05) is 19.6 Å². The van der Waals surface area contributed by atoms with Crippen LogP contribution in [0, 0.1) is 5.92 Å². The van der Waals surface area contributed by atoms with E-state index in [1.165, 1.54) is 24.2 Å². The SMILES string of the molecule is O=C(NC[C@@H](c1ccco1)N1CCCC1)[C@@H]1CCCN(C(=O)c2cccs2)C1. The summed E-state index contributed by atoms with van der Waals surface area (Å²) in [4.78, 5) is 30.4. The topological polar surface area (TPSA) is 65.8 Å². The highest BCUT2D eigenvalue weighted by Gasteiger charge is 2.31. The fourth-order valence-electron chi connectivity index (χ4n) is 4.22. The molecule has 0 radical (unpaired) electrons. The van der Waals surface area contributed by atoms with Crippen LogP contribution in [0.4, 0.5) is 0 Å². The molecule has 0 spiro atoms. The molecule has 1 N–H and O–H groups in total. The first-order valence-corrected chi connectivity index (χ1v) is 11.0. The number of carbonyl (C=O) groups excluding carboxylic acids is 2. The highest BCUT2D eigenvalue weighted by molar-refractivity contribution is 7.12. The van der Waals surface area contributed by atoms with E-state index in [1.807, 2.05) is 34.5 Å². The van der Waals surface area contributed by atoms with Crippen LogP contribution in [0.25, 0.3) is 0 Å². The predicted molar refractivity (Wildman–Crippen MR) is 108 cm³/mol. The lowest BCUT2D eigenvalue weighted by atomic mass is 9.96. The number of amides is 2. The molecule has 2 amide bonds. The van der Waals surface area contributed by atoms with E-state index in [2.05, 4.69) is 10.2 Å². The van der Waals surface area contributed by atoms with Crippen LogP contribution >= 0.6 is 11.3 Å². The van der Waals surface area contributed by atoms with Crippen molar-refractivity contribution in [3.8, 4) is 0 Å². The van der Waals surface area contributed by atoms with Crippen LogP contribution in [-0.4, -0.2) is 54.3 Å². The quantitative estimate of drug-likeness (QED) is 0.808. The van der Waals surface area contributed by atoms with Gasteiger partial charge < -0.3 is 14.6 Å². The molecule has 28 heavy (non-hydrogen) atoms. The van der Waals surface area contributed by atoms with E-state index < -0.39 is 0 Å². The molecule has 2 aromatic rings. The second kappa shape index (κ2) is 8.92. The van der Waals surface area contributed by atoms with Gasteiger partial charge in [0.1, 0.15) is 5.76 Å². The van der Waals surface area contributed by atoms with Gasteiger partial charge in [-0.3, -0.25) is 14.5 Å². The number of piperidine rings is 1.